The number of rotatable bonds is 26. The summed E-state index contributed by atoms with van der Waals surface area (Å²) in [6.45, 7) is 13.1. The fourth-order valence-electron chi connectivity index (χ4n) is 8.70. The molecule has 0 saturated carbocycles. The molecule has 3 N–H and O–H groups in total. The van der Waals surface area contributed by atoms with Gasteiger partial charge in [-0.1, -0.05) is 77.8 Å². The largest absolute Gasteiger partial charge is 0.467 e. The molecule has 2 heterocycles. The zero-order valence-electron chi connectivity index (χ0n) is 40.3. The third kappa shape index (κ3) is 14.9. The number of carbonyl (C=O) groups is 8. The molecule has 0 unspecified atom stereocenters. The number of nitrogens with zero attached hydrogens (tertiary/aromatic N) is 3. The Balaban J connectivity index is 1.68. The summed E-state index contributed by atoms with van der Waals surface area (Å²) in [5.74, 6) is -4.39. The lowest BCUT2D eigenvalue weighted by Crippen LogP contribution is -2.62. The van der Waals surface area contributed by atoms with Crippen molar-refractivity contribution in [1.29, 1.82) is 0 Å². The molecule has 2 aliphatic heterocycles. The van der Waals surface area contributed by atoms with Gasteiger partial charge in [0.25, 0.3) is 11.8 Å². The Labute approximate surface area is 385 Å². The topological polar surface area (TPSA) is 210 Å². The van der Waals surface area contributed by atoms with E-state index in [1.165, 1.54) is 33.5 Å². The minimum atomic E-state index is -1.36. The number of likely N-dealkylation sites (tertiary alicyclic amines) is 1. The van der Waals surface area contributed by atoms with Crippen LogP contribution in [0.2, 0.25) is 0 Å². The van der Waals surface area contributed by atoms with Crippen LogP contribution in [0.25, 0.3) is 0 Å². The predicted octanol–water partition coefficient (Wildman–Crippen LogP) is 3.33. The first-order valence-electron chi connectivity index (χ1n) is 22.9. The number of amides is 7. The van der Waals surface area contributed by atoms with Gasteiger partial charge in [0.15, 0.2) is 0 Å². The van der Waals surface area contributed by atoms with Gasteiger partial charge < -0.3 is 40.0 Å². The summed E-state index contributed by atoms with van der Waals surface area (Å²) < 4.78 is 16.9. The molecule has 1 aromatic rings. The number of hydrogen-bond acceptors (Lipinski definition) is 11. The highest BCUT2D eigenvalue weighted by atomic mass is 16.5. The zero-order valence-corrected chi connectivity index (χ0v) is 40.3. The standard InChI is InChI=1S/C48H74N6O11/c1-12-31(4)42(52(8)45(60)41(30(2)3)50-47(62)48(6,7)51-37(55)23-17-14-18-26-54-38(56)24-25-39(54)57)36(63-9)29-40(58)53-27-19-22-35(53)43(64-10)32(5)44(59)49-34(46(61)65-11)28-33-20-15-13-16-21-33/h13,15-16,20-21,24-25,30-32,34-36,41-43H,12,14,17-19,22-23,26-29H2,1-11H3,(H,49,59)(H,50,62)(H,51,55)/t31-,32+,34-,35-,36+,41-,42-,43+/m0/s1. The van der Waals surface area contributed by atoms with Gasteiger partial charge >= 0.3 is 5.97 Å². The second kappa shape index (κ2) is 25.5. The van der Waals surface area contributed by atoms with Crippen LogP contribution in [0.4, 0.5) is 0 Å². The third-order valence-corrected chi connectivity index (χ3v) is 12.8. The lowest BCUT2D eigenvalue weighted by Gasteiger charge is -2.41. The van der Waals surface area contributed by atoms with Gasteiger partial charge in [-0.05, 0) is 56.9 Å². The van der Waals surface area contributed by atoms with E-state index in [4.69, 9.17) is 14.2 Å². The van der Waals surface area contributed by atoms with Gasteiger partial charge in [0.1, 0.15) is 17.6 Å². The molecule has 3 rings (SSSR count). The Hall–Kier alpha value is -5.16. The maximum Gasteiger partial charge on any atom is 0.328 e. The van der Waals surface area contributed by atoms with Crippen molar-refractivity contribution in [2.45, 2.75) is 148 Å². The Kier molecular flexibility index (Phi) is 21.3. The van der Waals surface area contributed by atoms with Crippen LogP contribution in [0.1, 0.15) is 105 Å². The van der Waals surface area contributed by atoms with E-state index < -0.39 is 65.6 Å². The molecule has 17 nitrogen and oxygen atoms in total. The number of ether oxygens (including phenoxy) is 3. The second-order valence-electron chi connectivity index (χ2n) is 18.2. The van der Waals surface area contributed by atoms with Crippen LogP contribution in [-0.4, -0.2) is 145 Å². The molecule has 362 valence electrons. The molecule has 0 aliphatic carbocycles. The Morgan fingerprint density at radius 1 is 0.892 bits per heavy atom. The maximum absolute atomic E-state index is 14.4. The van der Waals surface area contributed by atoms with E-state index >= 15 is 0 Å². The fraction of sp³-hybridized carbons (Fsp3) is 0.667. The summed E-state index contributed by atoms with van der Waals surface area (Å²) in [7, 11) is 5.93. The Bertz CT molecular complexity index is 1820. The summed E-state index contributed by atoms with van der Waals surface area (Å²) in [5, 5.41) is 8.50. The fourth-order valence-corrected chi connectivity index (χ4v) is 8.70. The van der Waals surface area contributed by atoms with E-state index in [-0.39, 0.29) is 67.2 Å². The van der Waals surface area contributed by atoms with Crippen molar-refractivity contribution < 1.29 is 52.6 Å². The molecule has 1 fully saturated rings. The molecule has 7 amide bonds. The monoisotopic (exact) mass is 911 g/mol. The molecule has 0 bridgehead atoms. The van der Waals surface area contributed by atoms with Crippen LogP contribution in [0.3, 0.4) is 0 Å². The van der Waals surface area contributed by atoms with Crippen molar-refractivity contribution in [2.75, 3.05) is 41.5 Å². The number of unbranched alkanes of at least 4 members (excludes halogenated alkanes) is 2. The minimum absolute atomic E-state index is 0.0678. The molecule has 0 aromatic heterocycles. The molecule has 1 aromatic carbocycles. The van der Waals surface area contributed by atoms with Crippen molar-refractivity contribution in [1.82, 2.24) is 30.7 Å². The molecular weight excluding hydrogens is 837 g/mol. The van der Waals surface area contributed by atoms with E-state index in [9.17, 15) is 38.4 Å². The van der Waals surface area contributed by atoms with Gasteiger partial charge in [-0.2, -0.15) is 0 Å². The number of benzene rings is 1. The van der Waals surface area contributed by atoms with E-state index in [1.807, 2.05) is 58.0 Å². The minimum Gasteiger partial charge on any atom is -0.467 e. The van der Waals surface area contributed by atoms with Crippen LogP contribution < -0.4 is 16.0 Å². The number of hydrogen-bond donors (Lipinski definition) is 3. The predicted molar refractivity (Wildman–Crippen MR) is 244 cm³/mol. The van der Waals surface area contributed by atoms with Gasteiger partial charge in [0.2, 0.25) is 29.5 Å². The maximum atomic E-state index is 14.4. The number of carbonyl (C=O) groups excluding carboxylic acids is 8. The second-order valence-corrected chi connectivity index (χ2v) is 18.2. The molecule has 0 spiro atoms. The van der Waals surface area contributed by atoms with Crippen LogP contribution >= 0.6 is 0 Å². The molecule has 8 atom stereocenters. The first kappa shape index (κ1) is 54.2. The van der Waals surface area contributed by atoms with Gasteiger partial charge in [-0.15, -0.1) is 0 Å². The average molecular weight is 911 g/mol. The summed E-state index contributed by atoms with van der Waals surface area (Å²) >= 11 is 0. The number of imide groups is 1. The molecule has 2 aliphatic rings. The van der Waals surface area contributed by atoms with Crippen molar-refractivity contribution in [3.63, 3.8) is 0 Å². The van der Waals surface area contributed by atoms with E-state index in [1.54, 1.807) is 37.6 Å². The van der Waals surface area contributed by atoms with Crippen molar-refractivity contribution in [3.8, 4) is 0 Å². The summed E-state index contributed by atoms with van der Waals surface area (Å²) in [4.78, 5) is 110. The summed E-state index contributed by atoms with van der Waals surface area (Å²) in [6.07, 6.45) is 4.90. The highest BCUT2D eigenvalue weighted by Gasteiger charge is 2.44. The van der Waals surface area contributed by atoms with Gasteiger partial charge in [0, 0.05) is 59.4 Å². The third-order valence-electron chi connectivity index (χ3n) is 12.8. The lowest BCUT2D eigenvalue weighted by atomic mass is 9.89. The first-order valence-corrected chi connectivity index (χ1v) is 22.9. The molecule has 17 heteroatoms. The average Bonchev–Trinajstić information content (AvgIpc) is 3.89. The van der Waals surface area contributed by atoms with Crippen molar-refractivity contribution in [3.05, 3.63) is 48.0 Å². The zero-order chi connectivity index (χ0) is 48.6. The molecular formula is C48H74N6O11. The van der Waals surface area contributed by atoms with Gasteiger partial charge in [-0.3, -0.25) is 38.5 Å². The smallest absolute Gasteiger partial charge is 0.328 e. The SMILES string of the molecule is CC[C@H](C)[C@@H]([C@@H](CC(=O)N1CCC[C@H]1[C@H](OC)[C@@H](C)C(=O)N[C@@H](Cc1ccccc1)C(=O)OC)OC)N(C)C(=O)[C@@H](NC(=O)C(C)(C)NC(=O)CCCCCN1C(=O)C=CC1=O)C(C)C. The number of nitrogens with one attached hydrogen (secondary N) is 3. The quantitative estimate of drug-likeness (QED) is 0.0698. The van der Waals surface area contributed by atoms with Gasteiger partial charge in [-0.25, -0.2) is 4.79 Å². The van der Waals surface area contributed by atoms with E-state index in [0.717, 1.165) is 10.5 Å². The van der Waals surface area contributed by atoms with Crippen molar-refractivity contribution >= 4 is 47.3 Å². The first-order chi connectivity index (χ1) is 30.7. The van der Waals surface area contributed by atoms with Crippen LogP contribution in [0.5, 0.6) is 0 Å². The van der Waals surface area contributed by atoms with Crippen molar-refractivity contribution in [2.24, 2.45) is 17.8 Å². The van der Waals surface area contributed by atoms with Crippen LogP contribution in [0, 0.1) is 17.8 Å². The normalized spacial score (nSPS) is 18.4. The number of esters is 1. The van der Waals surface area contributed by atoms with Crippen LogP contribution in [-0.2, 0) is 59.0 Å². The van der Waals surface area contributed by atoms with Crippen LogP contribution in [0.15, 0.2) is 42.5 Å². The molecule has 65 heavy (non-hydrogen) atoms. The molecule has 1 saturated heterocycles. The highest BCUT2D eigenvalue weighted by molar-refractivity contribution is 6.12. The van der Waals surface area contributed by atoms with E-state index in [2.05, 4.69) is 16.0 Å². The Morgan fingerprint density at radius 2 is 1.54 bits per heavy atom. The summed E-state index contributed by atoms with van der Waals surface area (Å²) in [6, 6.07) is 6.38. The number of methoxy groups -OCH3 is 3. The number of likely N-dealkylation sites (N-methyl/N-ethyl adjacent to an activating group) is 1. The van der Waals surface area contributed by atoms with E-state index in [0.29, 0.717) is 45.1 Å². The molecule has 0 radical (unpaired) electrons. The van der Waals surface area contributed by atoms with Gasteiger partial charge in [0.05, 0.1) is 43.7 Å². The summed E-state index contributed by atoms with van der Waals surface area (Å²) in [5.41, 5.74) is -0.513. The lowest BCUT2D eigenvalue weighted by molar-refractivity contribution is -0.149. The Morgan fingerprint density at radius 3 is 2.11 bits per heavy atom. The highest BCUT2D eigenvalue weighted by Crippen LogP contribution is 2.30.